The van der Waals surface area contributed by atoms with Gasteiger partial charge in [0.15, 0.2) is 0 Å². The SMILES string of the molecule is COc1cc(N)c(Cl)cc1C(=O)N(O)[C@@H]1CCN(CCCC(=O)N2CCCC2)C[C@@H]1OC. The molecule has 10 heteroatoms. The van der Waals surface area contributed by atoms with Crippen molar-refractivity contribution in [3.05, 3.63) is 22.7 Å². The number of likely N-dealkylation sites (tertiary alicyclic amines) is 2. The number of methoxy groups -OCH3 is 2. The quantitative estimate of drug-likeness (QED) is 0.342. The van der Waals surface area contributed by atoms with Gasteiger partial charge < -0.3 is 25.0 Å². The average molecular weight is 469 g/mol. The Morgan fingerprint density at radius 1 is 1.25 bits per heavy atom. The third-order valence-corrected chi connectivity index (χ3v) is 6.63. The Labute approximate surface area is 193 Å². The summed E-state index contributed by atoms with van der Waals surface area (Å²) in [7, 11) is 2.99. The smallest absolute Gasteiger partial charge is 0.281 e. The Morgan fingerprint density at radius 3 is 2.62 bits per heavy atom. The van der Waals surface area contributed by atoms with Crippen molar-refractivity contribution >= 4 is 29.1 Å². The van der Waals surface area contributed by atoms with E-state index in [2.05, 4.69) is 4.90 Å². The summed E-state index contributed by atoms with van der Waals surface area (Å²) >= 11 is 6.07. The van der Waals surface area contributed by atoms with E-state index in [0.29, 0.717) is 31.0 Å². The lowest BCUT2D eigenvalue weighted by atomic mass is 10.00. The fourth-order valence-electron chi connectivity index (χ4n) is 4.44. The van der Waals surface area contributed by atoms with Gasteiger partial charge in [0, 0.05) is 45.8 Å². The van der Waals surface area contributed by atoms with Gasteiger partial charge in [-0.1, -0.05) is 11.6 Å². The fraction of sp³-hybridized carbons (Fsp3) is 0.636. The van der Waals surface area contributed by atoms with Crippen LogP contribution in [0.2, 0.25) is 5.02 Å². The van der Waals surface area contributed by atoms with Crippen LogP contribution in [0.4, 0.5) is 5.69 Å². The molecule has 2 fully saturated rings. The molecule has 3 rings (SSSR count). The van der Waals surface area contributed by atoms with Gasteiger partial charge in [0.25, 0.3) is 5.91 Å². The molecule has 32 heavy (non-hydrogen) atoms. The molecule has 0 radical (unpaired) electrons. The number of nitrogens with zero attached hydrogens (tertiary/aromatic N) is 3. The lowest BCUT2D eigenvalue weighted by molar-refractivity contribution is -0.143. The van der Waals surface area contributed by atoms with E-state index in [4.69, 9.17) is 26.8 Å². The molecule has 0 aliphatic carbocycles. The van der Waals surface area contributed by atoms with Crippen molar-refractivity contribution in [3.63, 3.8) is 0 Å². The zero-order valence-electron chi connectivity index (χ0n) is 18.8. The molecule has 0 aromatic heterocycles. The number of ether oxygens (including phenoxy) is 2. The maximum atomic E-state index is 13.0. The maximum absolute atomic E-state index is 13.0. The Kier molecular flexibility index (Phi) is 8.58. The number of rotatable bonds is 8. The standard InChI is InChI=1S/C22H33ClN4O5/c1-31-19-13-17(24)16(23)12-15(19)22(29)27(30)18-7-11-25(14-20(18)32-2)8-5-6-21(28)26-9-3-4-10-26/h12-13,18,20,30H,3-11,14,24H2,1-2H3/t18-,20+/m1/s1. The summed E-state index contributed by atoms with van der Waals surface area (Å²) in [5.41, 5.74) is 6.21. The molecule has 2 aliphatic heterocycles. The molecule has 0 saturated carbocycles. The molecule has 0 bridgehead atoms. The molecule has 178 valence electrons. The van der Waals surface area contributed by atoms with Gasteiger partial charge in [-0.2, -0.15) is 0 Å². The van der Waals surface area contributed by atoms with Crippen molar-refractivity contribution in [2.45, 2.75) is 44.2 Å². The fourth-order valence-corrected chi connectivity index (χ4v) is 4.60. The Balaban J connectivity index is 1.57. The summed E-state index contributed by atoms with van der Waals surface area (Å²) in [6.45, 7) is 3.77. The van der Waals surface area contributed by atoms with Crippen LogP contribution in [0.25, 0.3) is 0 Å². The predicted molar refractivity (Wildman–Crippen MR) is 121 cm³/mol. The number of nitrogens with two attached hydrogens (primary N) is 1. The lowest BCUT2D eigenvalue weighted by Crippen LogP contribution is -2.55. The molecule has 1 aromatic rings. The molecule has 2 heterocycles. The highest BCUT2D eigenvalue weighted by Gasteiger charge is 2.36. The van der Waals surface area contributed by atoms with Gasteiger partial charge in [-0.15, -0.1) is 0 Å². The van der Waals surface area contributed by atoms with Crippen LogP contribution in [0.5, 0.6) is 5.75 Å². The van der Waals surface area contributed by atoms with Crippen LogP contribution in [-0.2, 0) is 9.53 Å². The summed E-state index contributed by atoms with van der Waals surface area (Å²) in [5.74, 6) is -0.158. The van der Waals surface area contributed by atoms with Crippen LogP contribution in [0.15, 0.2) is 12.1 Å². The molecule has 3 N–H and O–H groups in total. The van der Waals surface area contributed by atoms with Gasteiger partial charge in [-0.3, -0.25) is 14.8 Å². The number of hydroxylamine groups is 2. The van der Waals surface area contributed by atoms with E-state index in [-0.39, 0.29) is 34.0 Å². The van der Waals surface area contributed by atoms with E-state index in [1.165, 1.54) is 19.2 Å². The Bertz CT molecular complexity index is 818. The Morgan fingerprint density at radius 2 is 1.97 bits per heavy atom. The van der Waals surface area contributed by atoms with Gasteiger partial charge in [-0.25, -0.2) is 5.06 Å². The molecule has 2 atom stereocenters. The third-order valence-electron chi connectivity index (χ3n) is 6.31. The summed E-state index contributed by atoms with van der Waals surface area (Å²) in [6, 6.07) is 2.34. The number of anilines is 1. The molecule has 0 spiro atoms. The number of benzene rings is 1. The number of hydrogen-bond donors (Lipinski definition) is 2. The lowest BCUT2D eigenvalue weighted by Gasteiger charge is -2.40. The highest BCUT2D eigenvalue weighted by atomic mass is 35.5. The number of piperidine rings is 1. The van der Waals surface area contributed by atoms with Gasteiger partial charge in [0.05, 0.1) is 35.5 Å². The van der Waals surface area contributed by atoms with Crippen LogP contribution in [-0.4, -0.2) is 91.0 Å². The average Bonchev–Trinajstić information content (AvgIpc) is 3.34. The van der Waals surface area contributed by atoms with E-state index in [9.17, 15) is 14.8 Å². The predicted octanol–water partition coefficient (Wildman–Crippen LogP) is 2.25. The molecule has 2 amide bonds. The summed E-state index contributed by atoms with van der Waals surface area (Å²) < 4.78 is 10.8. The number of carbonyl (C=O) groups is 2. The molecule has 1 aromatic carbocycles. The van der Waals surface area contributed by atoms with Crippen LogP contribution in [0, 0.1) is 0 Å². The van der Waals surface area contributed by atoms with E-state index >= 15 is 0 Å². The first-order chi connectivity index (χ1) is 15.3. The van der Waals surface area contributed by atoms with Gasteiger partial charge in [0.2, 0.25) is 5.91 Å². The van der Waals surface area contributed by atoms with E-state index < -0.39 is 11.9 Å². The summed E-state index contributed by atoms with van der Waals surface area (Å²) in [6.07, 6.45) is 3.67. The van der Waals surface area contributed by atoms with Crippen molar-refractivity contribution in [2.24, 2.45) is 0 Å². The number of halogens is 1. The minimum Gasteiger partial charge on any atom is -0.496 e. The van der Waals surface area contributed by atoms with Crippen LogP contribution < -0.4 is 10.5 Å². The van der Waals surface area contributed by atoms with Crippen molar-refractivity contribution < 1.29 is 24.3 Å². The van der Waals surface area contributed by atoms with E-state index in [1.54, 1.807) is 7.11 Å². The zero-order chi connectivity index (χ0) is 23.3. The molecule has 2 saturated heterocycles. The maximum Gasteiger partial charge on any atom is 0.281 e. The normalized spacial score (nSPS) is 21.6. The van der Waals surface area contributed by atoms with Gasteiger partial charge in [0.1, 0.15) is 5.75 Å². The van der Waals surface area contributed by atoms with Gasteiger partial charge in [-0.05, 0) is 38.3 Å². The second-order valence-electron chi connectivity index (χ2n) is 8.35. The monoisotopic (exact) mass is 468 g/mol. The number of hydrogen-bond acceptors (Lipinski definition) is 7. The topological polar surface area (TPSA) is 109 Å². The molecule has 9 nitrogen and oxygen atoms in total. The van der Waals surface area contributed by atoms with Crippen LogP contribution >= 0.6 is 11.6 Å². The first kappa shape index (κ1) is 24.6. The van der Waals surface area contributed by atoms with Crippen molar-refractivity contribution in [1.29, 1.82) is 0 Å². The number of carbonyl (C=O) groups excluding carboxylic acids is 2. The first-order valence-corrected chi connectivity index (χ1v) is 11.4. The molecule has 0 unspecified atom stereocenters. The molecular weight excluding hydrogens is 436 g/mol. The largest absolute Gasteiger partial charge is 0.496 e. The van der Waals surface area contributed by atoms with Crippen LogP contribution in [0.3, 0.4) is 0 Å². The second-order valence-corrected chi connectivity index (χ2v) is 8.75. The molecular formula is C22H33ClN4O5. The number of amides is 2. The highest BCUT2D eigenvalue weighted by molar-refractivity contribution is 6.33. The third kappa shape index (κ3) is 5.64. The van der Waals surface area contributed by atoms with Crippen molar-refractivity contribution in [3.8, 4) is 5.75 Å². The van der Waals surface area contributed by atoms with Crippen molar-refractivity contribution in [1.82, 2.24) is 14.9 Å². The Hall–Kier alpha value is -2.07. The summed E-state index contributed by atoms with van der Waals surface area (Å²) in [4.78, 5) is 29.4. The zero-order valence-corrected chi connectivity index (χ0v) is 19.5. The summed E-state index contributed by atoms with van der Waals surface area (Å²) in [5, 5.41) is 11.7. The van der Waals surface area contributed by atoms with Crippen molar-refractivity contribution in [2.75, 3.05) is 52.7 Å². The minimum atomic E-state index is -0.625. The highest BCUT2D eigenvalue weighted by Crippen LogP contribution is 2.31. The van der Waals surface area contributed by atoms with E-state index in [0.717, 1.165) is 38.9 Å². The number of nitrogen functional groups attached to an aromatic ring is 1. The minimum absolute atomic E-state index is 0.131. The van der Waals surface area contributed by atoms with Crippen LogP contribution in [0.1, 0.15) is 42.5 Å². The first-order valence-electron chi connectivity index (χ1n) is 11.0. The van der Waals surface area contributed by atoms with Gasteiger partial charge >= 0.3 is 0 Å². The molecule has 2 aliphatic rings. The van der Waals surface area contributed by atoms with E-state index in [1.807, 2.05) is 4.90 Å². The second kappa shape index (κ2) is 11.2.